The van der Waals surface area contributed by atoms with Gasteiger partial charge in [-0.1, -0.05) is 5.16 Å². The van der Waals surface area contributed by atoms with Gasteiger partial charge in [0.2, 0.25) is 17.7 Å². The Hall–Kier alpha value is -3.03. The fraction of sp³-hybridized carbons (Fsp3) is 0.250. The maximum Gasteiger partial charge on any atom is 0.232 e. The molecule has 0 fully saturated rings. The van der Waals surface area contributed by atoms with Gasteiger partial charge in [0, 0.05) is 12.6 Å². The number of hydrogen-bond acceptors (Lipinski definition) is 6. The molecule has 0 bridgehead atoms. The molecular weight excluding hydrogens is 315 g/mol. The Labute approximate surface area is 136 Å². The molecule has 1 aromatic carbocycles. The molecule has 0 saturated carbocycles. The van der Waals surface area contributed by atoms with Crippen molar-refractivity contribution < 1.29 is 18.1 Å². The first-order chi connectivity index (χ1) is 11.5. The molecule has 24 heavy (non-hydrogen) atoms. The van der Waals surface area contributed by atoms with E-state index in [0.717, 1.165) is 0 Å². The predicted octanol–water partition coefficient (Wildman–Crippen LogP) is 2.05. The molecular formula is C16H15FN4O3. The van der Waals surface area contributed by atoms with E-state index in [1.807, 2.05) is 0 Å². The molecule has 8 heteroatoms. The van der Waals surface area contributed by atoms with Crippen LogP contribution < -0.4 is 5.32 Å². The summed E-state index contributed by atoms with van der Waals surface area (Å²) in [5.41, 5.74) is 1.32. The quantitative estimate of drug-likeness (QED) is 0.769. The maximum absolute atomic E-state index is 13.0. The Morgan fingerprint density at radius 1 is 1.25 bits per heavy atom. The third-order valence-electron chi connectivity index (χ3n) is 3.41. The van der Waals surface area contributed by atoms with Crippen molar-refractivity contribution in [2.45, 2.75) is 19.8 Å². The Morgan fingerprint density at radius 2 is 2.00 bits per heavy atom. The highest BCUT2D eigenvalue weighted by Gasteiger charge is 2.16. The number of oxazole rings is 1. The molecule has 0 unspecified atom stereocenters. The summed E-state index contributed by atoms with van der Waals surface area (Å²) >= 11 is 0. The van der Waals surface area contributed by atoms with Crippen molar-refractivity contribution in [3.8, 4) is 11.5 Å². The molecule has 3 aromatic rings. The van der Waals surface area contributed by atoms with Gasteiger partial charge >= 0.3 is 0 Å². The van der Waals surface area contributed by atoms with Crippen LogP contribution in [0.2, 0.25) is 0 Å². The molecule has 7 nitrogen and oxygen atoms in total. The van der Waals surface area contributed by atoms with Crippen molar-refractivity contribution in [2.75, 3.05) is 7.05 Å². The van der Waals surface area contributed by atoms with E-state index in [0.29, 0.717) is 34.6 Å². The van der Waals surface area contributed by atoms with Crippen LogP contribution in [0.25, 0.3) is 11.5 Å². The average Bonchev–Trinajstić information content (AvgIpc) is 3.15. The van der Waals surface area contributed by atoms with Crippen molar-refractivity contribution >= 4 is 5.91 Å². The van der Waals surface area contributed by atoms with Crippen molar-refractivity contribution in [1.29, 1.82) is 0 Å². The van der Waals surface area contributed by atoms with Crippen molar-refractivity contribution in [3.05, 3.63) is 53.3 Å². The molecule has 2 heterocycles. The number of rotatable bonds is 5. The summed E-state index contributed by atoms with van der Waals surface area (Å²) in [7, 11) is 1.54. The highest BCUT2D eigenvalue weighted by Crippen LogP contribution is 2.23. The monoisotopic (exact) mass is 330 g/mol. The first-order valence-corrected chi connectivity index (χ1v) is 7.29. The van der Waals surface area contributed by atoms with Gasteiger partial charge in [0.15, 0.2) is 5.82 Å². The smallest absolute Gasteiger partial charge is 0.232 e. The summed E-state index contributed by atoms with van der Waals surface area (Å²) in [6.07, 6.45) is 0.343. The van der Waals surface area contributed by atoms with E-state index in [4.69, 9.17) is 8.94 Å². The van der Waals surface area contributed by atoms with Crippen LogP contribution in [0.5, 0.6) is 0 Å². The summed E-state index contributed by atoms with van der Waals surface area (Å²) in [5, 5.41) is 6.25. The number of carbonyl (C=O) groups is 1. The van der Waals surface area contributed by atoms with Gasteiger partial charge in [-0.3, -0.25) is 4.79 Å². The first kappa shape index (κ1) is 15.9. The van der Waals surface area contributed by atoms with Gasteiger partial charge in [0.1, 0.15) is 11.6 Å². The molecule has 0 aliphatic rings. The largest absolute Gasteiger partial charge is 0.441 e. The van der Waals surface area contributed by atoms with Gasteiger partial charge in [0.25, 0.3) is 0 Å². The molecule has 1 amide bonds. The second-order valence-corrected chi connectivity index (χ2v) is 5.16. The minimum absolute atomic E-state index is 0.0542. The van der Waals surface area contributed by atoms with E-state index in [1.54, 1.807) is 26.1 Å². The number of aromatic nitrogens is 3. The van der Waals surface area contributed by atoms with Crippen molar-refractivity contribution in [3.63, 3.8) is 0 Å². The zero-order chi connectivity index (χ0) is 17.1. The van der Waals surface area contributed by atoms with Crippen LogP contribution in [0.15, 0.2) is 33.2 Å². The molecule has 0 radical (unpaired) electrons. The van der Waals surface area contributed by atoms with Crippen LogP contribution in [0.1, 0.15) is 23.2 Å². The number of aryl methyl sites for hydroxylation is 1. The fourth-order valence-corrected chi connectivity index (χ4v) is 2.12. The molecule has 3 rings (SSSR count). The molecule has 0 aliphatic carbocycles. The summed E-state index contributed by atoms with van der Waals surface area (Å²) in [4.78, 5) is 19.9. The van der Waals surface area contributed by atoms with E-state index in [-0.39, 0.29) is 24.6 Å². The lowest BCUT2D eigenvalue weighted by Crippen LogP contribution is -2.20. The van der Waals surface area contributed by atoms with Gasteiger partial charge in [-0.05, 0) is 31.2 Å². The number of benzene rings is 1. The first-order valence-electron chi connectivity index (χ1n) is 7.29. The van der Waals surface area contributed by atoms with Crippen LogP contribution in [0.4, 0.5) is 4.39 Å². The molecule has 124 valence electrons. The van der Waals surface area contributed by atoms with Gasteiger partial charge in [-0.15, -0.1) is 0 Å². The lowest BCUT2D eigenvalue weighted by atomic mass is 10.2. The second-order valence-electron chi connectivity index (χ2n) is 5.16. The van der Waals surface area contributed by atoms with Crippen molar-refractivity contribution in [1.82, 2.24) is 20.4 Å². The van der Waals surface area contributed by atoms with E-state index in [1.165, 1.54) is 12.1 Å². The summed E-state index contributed by atoms with van der Waals surface area (Å²) in [6.45, 7) is 1.77. The summed E-state index contributed by atoms with van der Waals surface area (Å²) in [6, 6.07) is 5.88. The SMILES string of the molecule is CNC(=O)Cc1noc(Cc2nc(-c3ccc(F)cc3)oc2C)n1. The molecule has 1 N–H and O–H groups in total. The van der Waals surface area contributed by atoms with Crippen LogP contribution >= 0.6 is 0 Å². The highest BCUT2D eigenvalue weighted by molar-refractivity contribution is 5.77. The molecule has 0 saturated heterocycles. The van der Waals surface area contributed by atoms with Crippen LogP contribution in [0.3, 0.4) is 0 Å². The van der Waals surface area contributed by atoms with Crippen LogP contribution in [-0.4, -0.2) is 28.1 Å². The number of nitrogens with zero attached hydrogens (tertiary/aromatic N) is 3. The Bertz CT molecular complexity index is 855. The topological polar surface area (TPSA) is 94.1 Å². The number of likely N-dealkylation sites (N-methyl/N-ethyl adjacent to an activating group) is 1. The van der Waals surface area contributed by atoms with E-state index >= 15 is 0 Å². The zero-order valence-electron chi connectivity index (χ0n) is 13.2. The minimum Gasteiger partial charge on any atom is -0.441 e. The Kier molecular flexibility index (Phi) is 4.37. The number of halogens is 1. The van der Waals surface area contributed by atoms with Gasteiger partial charge < -0.3 is 14.3 Å². The molecule has 0 spiro atoms. The van der Waals surface area contributed by atoms with E-state index in [9.17, 15) is 9.18 Å². The van der Waals surface area contributed by atoms with Crippen LogP contribution in [-0.2, 0) is 17.6 Å². The Morgan fingerprint density at radius 3 is 2.71 bits per heavy atom. The van der Waals surface area contributed by atoms with Gasteiger partial charge in [-0.2, -0.15) is 4.98 Å². The summed E-state index contributed by atoms with van der Waals surface area (Å²) < 4.78 is 23.7. The minimum atomic E-state index is -0.322. The van der Waals surface area contributed by atoms with Crippen molar-refractivity contribution in [2.24, 2.45) is 0 Å². The van der Waals surface area contributed by atoms with Gasteiger partial charge in [0.05, 0.1) is 18.5 Å². The third kappa shape index (κ3) is 3.48. The summed E-state index contributed by atoms with van der Waals surface area (Å²) in [5.74, 6) is 1.14. The predicted molar refractivity (Wildman–Crippen MR) is 81.5 cm³/mol. The number of carbonyl (C=O) groups excluding carboxylic acids is 1. The number of nitrogens with one attached hydrogen (secondary N) is 1. The molecule has 0 aliphatic heterocycles. The fourth-order valence-electron chi connectivity index (χ4n) is 2.12. The average molecular weight is 330 g/mol. The normalized spacial score (nSPS) is 10.8. The number of hydrogen-bond donors (Lipinski definition) is 1. The zero-order valence-corrected chi connectivity index (χ0v) is 13.2. The third-order valence-corrected chi connectivity index (χ3v) is 3.41. The Balaban J connectivity index is 1.76. The van der Waals surface area contributed by atoms with Gasteiger partial charge in [-0.25, -0.2) is 9.37 Å². The van der Waals surface area contributed by atoms with E-state index in [2.05, 4.69) is 20.4 Å². The second kappa shape index (κ2) is 6.61. The van der Waals surface area contributed by atoms with Crippen LogP contribution in [0, 0.1) is 12.7 Å². The lowest BCUT2D eigenvalue weighted by molar-refractivity contribution is -0.120. The maximum atomic E-state index is 13.0. The lowest BCUT2D eigenvalue weighted by Gasteiger charge is -1.93. The standard InChI is InChI=1S/C16H15FN4O3/c1-9-12(7-15-20-13(21-24-15)8-14(22)18-2)19-16(23-9)10-3-5-11(17)6-4-10/h3-6H,7-8H2,1-2H3,(H,18,22). The molecule has 2 aromatic heterocycles. The van der Waals surface area contributed by atoms with E-state index < -0.39 is 0 Å². The highest BCUT2D eigenvalue weighted by atomic mass is 19.1. The molecule has 0 atom stereocenters. The number of amides is 1.